The van der Waals surface area contributed by atoms with Gasteiger partial charge < -0.3 is 19.5 Å². The van der Waals surface area contributed by atoms with E-state index < -0.39 is 6.09 Å². The molecular weight excluding hydrogens is 312 g/mol. The van der Waals surface area contributed by atoms with Gasteiger partial charge >= 0.3 is 6.09 Å². The lowest BCUT2D eigenvalue weighted by Crippen LogP contribution is -2.52. The number of hydrogen-bond acceptors (Lipinski definition) is 5. The molecule has 7 heteroatoms. The van der Waals surface area contributed by atoms with E-state index in [1.165, 1.54) is 4.90 Å². The normalized spacial score (nSPS) is 23.8. The number of carbonyl (C=O) groups is 2. The minimum Gasteiger partial charge on any atom is -0.448 e. The van der Waals surface area contributed by atoms with Crippen LogP contribution in [0.5, 0.6) is 0 Å². The number of ether oxygens (including phenoxy) is 3. The number of hydrogen-bond donors (Lipinski definition) is 1. The van der Waals surface area contributed by atoms with Gasteiger partial charge in [0.2, 0.25) is 5.91 Å². The summed E-state index contributed by atoms with van der Waals surface area (Å²) in [6.45, 7) is 2.31. The Morgan fingerprint density at radius 1 is 1.29 bits per heavy atom. The highest BCUT2D eigenvalue weighted by atomic mass is 16.6. The van der Waals surface area contributed by atoms with Gasteiger partial charge in [-0.2, -0.15) is 0 Å². The summed E-state index contributed by atoms with van der Waals surface area (Å²) in [5.74, 6) is -0.200. The molecule has 0 aliphatic carbocycles. The first kappa shape index (κ1) is 16.7. The van der Waals surface area contributed by atoms with Crippen LogP contribution in [0.25, 0.3) is 0 Å². The van der Waals surface area contributed by atoms with E-state index in [0.29, 0.717) is 39.4 Å². The van der Waals surface area contributed by atoms with Crippen molar-refractivity contribution in [2.75, 3.05) is 32.9 Å². The molecule has 24 heavy (non-hydrogen) atoms. The average Bonchev–Trinajstić information content (AvgIpc) is 3.00. The molecule has 2 aliphatic rings. The summed E-state index contributed by atoms with van der Waals surface area (Å²) in [5, 5.41) is 2.96. The molecule has 1 aromatic rings. The molecule has 2 saturated heterocycles. The highest BCUT2D eigenvalue weighted by Gasteiger charge is 2.30. The van der Waals surface area contributed by atoms with Crippen LogP contribution in [-0.4, -0.2) is 62.0 Å². The Kier molecular flexibility index (Phi) is 5.66. The summed E-state index contributed by atoms with van der Waals surface area (Å²) in [5.41, 5.74) is 1.08. The van der Waals surface area contributed by atoms with Crippen molar-refractivity contribution in [1.82, 2.24) is 10.2 Å². The van der Waals surface area contributed by atoms with Gasteiger partial charge in [0.25, 0.3) is 0 Å². The van der Waals surface area contributed by atoms with Crippen LogP contribution in [0.3, 0.4) is 0 Å². The van der Waals surface area contributed by atoms with Crippen molar-refractivity contribution in [3.63, 3.8) is 0 Å². The Morgan fingerprint density at radius 2 is 2.12 bits per heavy atom. The molecule has 1 aromatic carbocycles. The molecule has 0 bridgehead atoms. The number of cyclic esters (lactones) is 1. The molecule has 0 saturated carbocycles. The average molecular weight is 334 g/mol. The summed E-state index contributed by atoms with van der Waals surface area (Å²) in [6.07, 6.45) is 0.0535. The Labute approximate surface area is 140 Å². The second-order valence-electron chi connectivity index (χ2n) is 5.91. The number of nitrogens with one attached hydrogen (secondary N) is 1. The van der Waals surface area contributed by atoms with Crippen molar-refractivity contribution in [3.05, 3.63) is 35.9 Å². The van der Waals surface area contributed by atoms with Gasteiger partial charge in [0.05, 0.1) is 25.8 Å². The fourth-order valence-corrected chi connectivity index (χ4v) is 2.81. The van der Waals surface area contributed by atoms with Crippen LogP contribution >= 0.6 is 0 Å². The maximum atomic E-state index is 12.2. The van der Waals surface area contributed by atoms with Crippen LogP contribution in [0, 0.1) is 0 Å². The Bertz CT molecular complexity index is 565. The van der Waals surface area contributed by atoms with E-state index in [1.54, 1.807) is 0 Å². The predicted molar refractivity (Wildman–Crippen MR) is 85.3 cm³/mol. The zero-order valence-electron chi connectivity index (χ0n) is 13.5. The smallest absolute Gasteiger partial charge is 0.410 e. The zero-order valence-corrected chi connectivity index (χ0v) is 13.5. The highest BCUT2D eigenvalue weighted by molar-refractivity contribution is 5.83. The molecule has 0 aromatic heterocycles. The first-order valence-electron chi connectivity index (χ1n) is 8.17. The van der Waals surface area contributed by atoms with E-state index in [2.05, 4.69) is 5.32 Å². The van der Waals surface area contributed by atoms with E-state index in [0.717, 1.165) is 5.56 Å². The number of rotatable bonds is 6. The van der Waals surface area contributed by atoms with Crippen LogP contribution in [0.2, 0.25) is 0 Å². The van der Waals surface area contributed by atoms with Gasteiger partial charge in [-0.1, -0.05) is 30.3 Å². The summed E-state index contributed by atoms with van der Waals surface area (Å²) < 4.78 is 16.2. The van der Waals surface area contributed by atoms with Crippen molar-refractivity contribution in [1.29, 1.82) is 0 Å². The molecule has 2 heterocycles. The van der Waals surface area contributed by atoms with Crippen molar-refractivity contribution >= 4 is 12.0 Å². The molecule has 0 radical (unpaired) electrons. The first-order chi connectivity index (χ1) is 11.7. The van der Waals surface area contributed by atoms with Crippen LogP contribution in [-0.2, 0) is 25.6 Å². The van der Waals surface area contributed by atoms with Crippen molar-refractivity contribution in [3.8, 4) is 0 Å². The van der Waals surface area contributed by atoms with Crippen LogP contribution in [0.15, 0.2) is 30.3 Å². The van der Waals surface area contributed by atoms with Gasteiger partial charge in [-0.05, 0) is 12.0 Å². The monoisotopic (exact) mass is 334 g/mol. The van der Waals surface area contributed by atoms with Crippen molar-refractivity contribution in [2.24, 2.45) is 0 Å². The fourth-order valence-electron chi connectivity index (χ4n) is 2.81. The SMILES string of the molecule is O=C(CN1CCOC1=O)N[C@@H]1CCOC[C@H]1OCc1ccccc1. The molecular formula is C17H22N2O5. The lowest BCUT2D eigenvalue weighted by atomic mass is 10.1. The van der Waals surface area contributed by atoms with Gasteiger partial charge in [-0.15, -0.1) is 0 Å². The van der Waals surface area contributed by atoms with Gasteiger partial charge in [0.1, 0.15) is 19.3 Å². The van der Waals surface area contributed by atoms with Crippen LogP contribution < -0.4 is 5.32 Å². The molecule has 3 rings (SSSR count). The second-order valence-corrected chi connectivity index (χ2v) is 5.91. The maximum absolute atomic E-state index is 12.2. The minimum absolute atomic E-state index is 0.0155. The van der Waals surface area contributed by atoms with Gasteiger partial charge in [-0.3, -0.25) is 9.69 Å². The van der Waals surface area contributed by atoms with Gasteiger partial charge in [-0.25, -0.2) is 4.79 Å². The molecule has 0 unspecified atom stereocenters. The van der Waals surface area contributed by atoms with Crippen molar-refractivity contribution in [2.45, 2.75) is 25.2 Å². The minimum atomic E-state index is -0.436. The first-order valence-corrected chi connectivity index (χ1v) is 8.17. The van der Waals surface area contributed by atoms with E-state index >= 15 is 0 Å². The largest absolute Gasteiger partial charge is 0.448 e. The number of nitrogens with zero attached hydrogens (tertiary/aromatic N) is 1. The van der Waals surface area contributed by atoms with Gasteiger partial charge in [0, 0.05) is 6.61 Å². The molecule has 2 amide bonds. The molecule has 7 nitrogen and oxygen atoms in total. The number of benzene rings is 1. The van der Waals surface area contributed by atoms with Gasteiger partial charge in [0.15, 0.2) is 0 Å². The second kappa shape index (κ2) is 8.12. The molecule has 1 N–H and O–H groups in total. The number of amides is 2. The van der Waals surface area contributed by atoms with Crippen LogP contribution in [0.4, 0.5) is 4.79 Å². The number of carbonyl (C=O) groups excluding carboxylic acids is 2. The Balaban J connectivity index is 1.50. The van der Waals surface area contributed by atoms with Crippen LogP contribution in [0.1, 0.15) is 12.0 Å². The van der Waals surface area contributed by atoms with E-state index in [1.807, 2.05) is 30.3 Å². The third-order valence-electron chi connectivity index (χ3n) is 4.14. The Hall–Kier alpha value is -2.12. The van der Waals surface area contributed by atoms with E-state index in [9.17, 15) is 9.59 Å². The maximum Gasteiger partial charge on any atom is 0.410 e. The molecule has 130 valence electrons. The third-order valence-corrected chi connectivity index (χ3v) is 4.14. The topological polar surface area (TPSA) is 77.1 Å². The summed E-state index contributed by atoms with van der Waals surface area (Å²) >= 11 is 0. The molecule has 2 fully saturated rings. The van der Waals surface area contributed by atoms with Crippen molar-refractivity contribution < 1.29 is 23.8 Å². The van der Waals surface area contributed by atoms with E-state index in [-0.39, 0.29) is 24.6 Å². The highest BCUT2D eigenvalue weighted by Crippen LogP contribution is 2.14. The molecule has 0 spiro atoms. The summed E-state index contributed by atoms with van der Waals surface area (Å²) in [6, 6.07) is 9.76. The lowest BCUT2D eigenvalue weighted by Gasteiger charge is -2.32. The summed E-state index contributed by atoms with van der Waals surface area (Å²) in [4.78, 5) is 25.0. The summed E-state index contributed by atoms with van der Waals surface area (Å²) in [7, 11) is 0. The third kappa shape index (κ3) is 4.46. The quantitative estimate of drug-likeness (QED) is 0.837. The molecule has 2 atom stereocenters. The fraction of sp³-hybridized carbons (Fsp3) is 0.529. The predicted octanol–water partition coefficient (Wildman–Crippen LogP) is 0.929. The standard InChI is InChI=1S/C17H22N2O5/c20-16(10-19-7-9-23-17(19)21)18-14-6-8-22-12-15(14)24-11-13-4-2-1-3-5-13/h1-5,14-15H,6-12H2,(H,18,20)/t14-,15-/m1/s1. The molecule has 2 aliphatic heterocycles. The van der Waals surface area contributed by atoms with E-state index in [4.69, 9.17) is 14.2 Å². The zero-order chi connectivity index (χ0) is 16.8. The Morgan fingerprint density at radius 3 is 2.88 bits per heavy atom. The lowest BCUT2D eigenvalue weighted by molar-refractivity contribution is -0.127.